The summed E-state index contributed by atoms with van der Waals surface area (Å²) in [4.78, 5) is 26.4. The van der Waals surface area contributed by atoms with Crippen molar-refractivity contribution in [3.63, 3.8) is 0 Å². The predicted octanol–water partition coefficient (Wildman–Crippen LogP) is 3.70. The van der Waals surface area contributed by atoms with E-state index in [0.29, 0.717) is 43.4 Å². The molecule has 0 aromatic heterocycles. The summed E-state index contributed by atoms with van der Waals surface area (Å²) >= 11 is 0. The van der Waals surface area contributed by atoms with Gasteiger partial charge in [-0.15, -0.1) is 0 Å². The lowest BCUT2D eigenvalue weighted by Gasteiger charge is -2.25. The molecule has 1 fully saturated rings. The van der Waals surface area contributed by atoms with Gasteiger partial charge in [0.2, 0.25) is 5.78 Å². The molecule has 30 heavy (non-hydrogen) atoms. The third-order valence-corrected chi connectivity index (χ3v) is 4.78. The van der Waals surface area contributed by atoms with Crippen LogP contribution >= 0.6 is 0 Å². The molecule has 0 unspecified atom stereocenters. The van der Waals surface area contributed by atoms with Gasteiger partial charge in [0.25, 0.3) is 0 Å². The summed E-state index contributed by atoms with van der Waals surface area (Å²) < 4.78 is 21.6. The summed E-state index contributed by atoms with van der Waals surface area (Å²) in [5.74, 6) is 1.41. The number of ether oxygens (including phenoxy) is 4. The third-order valence-electron chi connectivity index (χ3n) is 4.78. The molecule has 7 heteroatoms. The molecule has 7 nitrogen and oxygen atoms in total. The molecule has 0 aliphatic carbocycles. The van der Waals surface area contributed by atoms with E-state index in [2.05, 4.69) is 0 Å². The lowest BCUT2D eigenvalue weighted by atomic mass is 10.1. The molecular formula is C23H21NO6. The number of morpholine rings is 1. The van der Waals surface area contributed by atoms with Crippen molar-refractivity contribution in [2.24, 2.45) is 0 Å². The van der Waals surface area contributed by atoms with Crippen molar-refractivity contribution in [1.82, 2.24) is 4.90 Å². The van der Waals surface area contributed by atoms with Gasteiger partial charge in [-0.1, -0.05) is 30.4 Å². The zero-order chi connectivity index (χ0) is 20.9. The largest absolute Gasteiger partial charge is 0.496 e. The van der Waals surface area contributed by atoms with Crippen LogP contribution in [0.15, 0.2) is 60.4 Å². The number of ketones is 1. The first-order chi connectivity index (χ1) is 14.7. The molecule has 0 bridgehead atoms. The maximum absolute atomic E-state index is 12.6. The van der Waals surface area contributed by atoms with Crippen LogP contribution in [-0.4, -0.2) is 50.2 Å². The smallest absolute Gasteiger partial charge is 0.415 e. The molecule has 0 atom stereocenters. The van der Waals surface area contributed by atoms with E-state index < -0.39 is 6.09 Å². The van der Waals surface area contributed by atoms with Gasteiger partial charge in [-0.25, -0.2) is 4.79 Å². The van der Waals surface area contributed by atoms with Crippen molar-refractivity contribution in [2.45, 2.75) is 0 Å². The fourth-order valence-corrected chi connectivity index (χ4v) is 3.20. The topological polar surface area (TPSA) is 74.3 Å². The van der Waals surface area contributed by atoms with Crippen molar-refractivity contribution >= 4 is 18.0 Å². The Bertz CT molecular complexity index is 1020. The number of para-hydroxylation sites is 1. The van der Waals surface area contributed by atoms with Crippen molar-refractivity contribution < 1.29 is 28.5 Å². The maximum atomic E-state index is 12.6. The van der Waals surface area contributed by atoms with Crippen LogP contribution in [0.2, 0.25) is 0 Å². The Balaban J connectivity index is 1.45. The van der Waals surface area contributed by atoms with Gasteiger partial charge in [-0.05, 0) is 24.3 Å². The number of nitrogens with zero attached hydrogens (tertiary/aromatic N) is 1. The monoisotopic (exact) mass is 407 g/mol. The Morgan fingerprint density at radius 3 is 2.73 bits per heavy atom. The Morgan fingerprint density at radius 2 is 1.93 bits per heavy atom. The van der Waals surface area contributed by atoms with Gasteiger partial charge < -0.3 is 23.8 Å². The van der Waals surface area contributed by atoms with E-state index in [1.807, 2.05) is 30.3 Å². The average molecular weight is 407 g/mol. The highest BCUT2D eigenvalue weighted by molar-refractivity contribution is 6.12. The first-order valence-corrected chi connectivity index (χ1v) is 9.58. The Morgan fingerprint density at radius 1 is 1.13 bits per heavy atom. The van der Waals surface area contributed by atoms with Crippen LogP contribution in [-0.2, 0) is 4.74 Å². The highest BCUT2D eigenvalue weighted by Crippen LogP contribution is 2.34. The number of methoxy groups -OCH3 is 1. The Hall–Kier alpha value is -3.58. The molecule has 1 amide bonds. The fourth-order valence-electron chi connectivity index (χ4n) is 3.20. The summed E-state index contributed by atoms with van der Waals surface area (Å²) in [6.45, 7) is 1.97. The standard InChI is InChI=1S/C23H21NO6/c1-27-19-7-3-2-5-16(19)6-4-8-20-22(25)18-10-9-17(15-21(18)30-20)29-23(26)24-11-13-28-14-12-24/h2-10,15H,11-14H2,1H3/b6-4+,20-8+. The summed E-state index contributed by atoms with van der Waals surface area (Å²) in [6, 6.07) is 12.3. The second kappa shape index (κ2) is 8.84. The first kappa shape index (κ1) is 19.7. The number of amides is 1. The van der Waals surface area contributed by atoms with Gasteiger partial charge in [-0.2, -0.15) is 0 Å². The number of allylic oxidation sites excluding steroid dienone is 3. The van der Waals surface area contributed by atoms with Gasteiger partial charge >= 0.3 is 6.09 Å². The second-order valence-electron chi connectivity index (χ2n) is 6.69. The lowest BCUT2D eigenvalue weighted by molar-refractivity contribution is 0.0416. The summed E-state index contributed by atoms with van der Waals surface area (Å²) in [5, 5.41) is 0. The van der Waals surface area contributed by atoms with E-state index in [0.717, 1.165) is 11.3 Å². The number of hydrogen-bond donors (Lipinski definition) is 0. The quantitative estimate of drug-likeness (QED) is 0.720. The number of carbonyl (C=O) groups excluding carboxylic acids is 2. The molecule has 0 spiro atoms. The Kier molecular flexibility index (Phi) is 5.81. The highest BCUT2D eigenvalue weighted by Gasteiger charge is 2.28. The van der Waals surface area contributed by atoms with E-state index in [-0.39, 0.29) is 11.5 Å². The minimum atomic E-state index is -0.446. The van der Waals surface area contributed by atoms with Crippen molar-refractivity contribution in [3.05, 3.63) is 71.5 Å². The summed E-state index contributed by atoms with van der Waals surface area (Å²) in [5.41, 5.74) is 1.32. The molecule has 154 valence electrons. The fraction of sp³-hybridized carbons (Fsp3) is 0.217. The molecule has 0 saturated carbocycles. The van der Waals surface area contributed by atoms with Gasteiger partial charge in [0.15, 0.2) is 5.76 Å². The molecule has 2 aromatic rings. The van der Waals surface area contributed by atoms with Crippen molar-refractivity contribution in [3.8, 4) is 17.2 Å². The molecule has 2 aliphatic rings. The van der Waals surface area contributed by atoms with Crippen LogP contribution in [0.25, 0.3) is 6.08 Å². The van der Waals surface area contributed by atoms with Crippen LogP contribution < -0.4 is 14.2 Å². The molecular weight excluding hydrogens is 386 g/mol. The van der Waals surface area contributed by atoms with Crippen LogP contribution in [0, 0.1) is 0 Å². The van der Waals surface area contributed by atoms with Crippen molar-refractivity contribution in [2.75, 3.05) is 33.4 Å². The highest BCUT2D eigenvalue weighted by atomic mass is 16.6. The van der Waals surface area contributed by atoms with Gasteiger partial charge in [0.1, 0.15) is 17.2 Å². The third kappa shape index (κ3) is 4.21. The lowest BCUT2D eigenvalue weighted by Crippen LogP contribution is -2.42. The summed E-state index contributed by atoms with van der Waals surface area (Å²) in [7, 11) is 1.61. The summed E-state index contributed by atoms with van der Waals surface area (Å²) in [6.07, 6.45) is 4.73. The maximum Gasteiger partial charge on any atom is 0.415 e. The van der Waals surface area contributed by atoms with E-state index in [1.54, 1.807) is 42.4 Å². The van der Waals surface area contributed by atoms with Gasteiger partial charge in [0.05, 0.1) is 25.9 Å². The molecule has 1 saturated heterocycles. The van der Waals surface area contributed by atoms with E-state index >= 15 is 0 Å². The minimum Gasteiger partial charge on any atom is -0.496 e. The molecule has 2 heterocycles. The molecule has 4 rings (SSSR count). The second-order valence-corrected chi connectivity index (χ2v) is 6.69. The van der Waals surface area contributed by atoms with Crippen LogP contribution in [0.3, 0.4) is 0 Å². The molecule has 0 N–H and O–H groups in total. The minimum absolute atomic E-state index is 0.202. The number of Topliss-reactive ketones (excluding diaryl/α,β-unsaturated/α-hetero) is 1. The zero-order valence-corrected chi connectivity index (χ0v) is 16.5. The van der Waals surface area contributed by atoms with Crippen LogP contribution in [0.4, 0.5) is 4.79 Å². The average Bonchev–Trinajstić information content (AvgIpc) is 3.09. The van der Waals surface area contributed by atoms with Gasteiger partial charge in [-0.3, -0.25) is 4.79 Å². The zero-order valence-electron chi connectivity index (χ0n) is 16.5. The SMILES string of the molecule is COc1ccccc1/C=C/C=C1/Oc2cc(OC(=O)N3CCOCC3)ccc2C1=O. The first-order valence-electron chi connectivity index (χ1n) is 9.58. The number of benzene rings is 2. The normalized spacial score (nSPS) is 17.2. The van der Waals surface area contributed by atoms with E-state index in [4.69, 9.17) is 18.9 Å². The molecule has 0 radical (unpaired) electrons. The van der Waals surface area contributed by atoms with Gasteiger partial charge in [0, 0.05) is 24.7 Å². The van der Waals surface area contributed by atoms with Crippen LogP contribution in [0.5, 0.6) is 17.2 Å². The predicted molar refractivity (Wildman–Crippen MR) is 110 cm³/mol. The molecule has 2 aliphatic heterocycles. The van der Waals surface area contributed by atoms with E-state index in [9.17, 15) is 9.59 Å². The molecule has 2 aromatic carbocycles. The van der Waals surface area contributed by atoms with Crippen LogP contribution in [0.1, 0.15) is 15.9 Å². The van der Waals surface area contributed by atoms with Crippen molar-refractivity contribution in [1.29, 1.82) is 0 Å². The number of fused-ring (bicyclic) bond motifs is 1. The number of hydrogen-bond acceptors (Lipinski definition) is 6. The number of carbonyl (C=O) groups is 2. The van der Waals surface area contributed by atoms with E-state index in [1.165, 1.54) is 0 Å². The Labute approximate surface area is 174 Å². The number of rotatable bonds is 4.